The predicted octanol–water partition coefficient (Wildman–Crippen LogP) is 2.61. The van der Waals surface area contributed by atoms with Gasteiger partial charge in [-0.3, -0.25) is 4.79 Å². The number of nitrogens with zero attached hydrogens (tertiary/aromatic N) is 1. The van der Waals surface area contributed by atoms with E-state index in [0.717, 1.165) is 31.0 Å². The Morgan fingerprint density at radius 2 is 2.06 bits per heavy atom. The number of halogens is 1. The zero-order valence-electron chi connectivity index (χ0n) is 9.95. The third-order valence-corrected chi connectivity index (χ3v) is 3.02. The largest absolute Gasteiger partial charge is 0.358 e. The highest BCUT2D eigenvalue weighted by molar-refractivity contribution is 9.09. The van der Waals surface area contributed by atoms with Gasteiger partial charge in [0.1, 0.15) is 0 Å². The summed E-state index contributed by atoms with van der Waals surface area (Å²) < 4.78 is 0. The van der Waals surface area contributed by atoms with E-state index in [9.17, 15) is 14.9 Å². The maximum atomic E-state index is 11.6. The number of aromatic amines is 1. The number of aromatic nitrogens is 1. The number of carbonyl (C=O) groups excluding carboxylic acids is 1. The fourth-order valence-corrected chi connectivity index (χ4v) is 1.89. The summed E-state index contributed by atoms with van der Waals surface area (Å²) in [7, 11) is 0. The maximum Gasteiger partial charge on any atom is 0.321 e. The highest BCUT2D eigenvalue weighted by Gasteiger charge is 2.14. The Labute approximate surface area is 113 Å². The van der Waals surface area contributed by atoms with E-state index >= 15 is 0 Å². The normalized spacial score (nSPS) is 10.3. The Kier molecular flexibility index (Phi) is 6.42. The van der Waals surface area contributed by atoms with Crippen LogP contribution in [0.15, 0.2) is 12.1 Å². The molecule has 1 heterocycles. The van der Waals surface area contributed by atoms with Crippen LogP contribution in [0.3, 0.4) is 0 Å². The van der Waals surface area contributed by atoms with Crippen molar-refractivity contribution in [3.05, 3.63) is 27.9 Å². The van der Waals surface area contributed by atoms with Crippen LogP contribution in [-0.2, 0) is 0 Å². The van der Waals surface area contributed by atoms with E-state index in [2.05, 4.69) is 26.2 Å². The van der Waals surface area contributed by atoms with Crippen LogP contribution in [0.25, 0.3) is 0 Å². The van der Waals surface area contributed by atoms with Crippen molar-refractivity contribution in [3.8, 4) is 0 Å². The van der Waals surface area contributed by atoms with Gasteiger partial charge in [-0.2, -0.15) is 0 Å². The molecule has 2 N–H and O–H groups in total. The smallest absolute Gasteiger partial charge is 0.321 e. The van der Waals surface area contributed by atoms with Crippen molar-refractivity contribution in [2.45, 2.75) is 25.7 Å². The fourth-order valence-electron chi connectivity index (χ4n) is 1.49. The van der Waals surface area contributed by atoms with Gasteiger partial charge in [-0.25, -0.2) is 4.98 Å². The van der Waals surface area contributed by atoms with Crippen LogP contribution in [0.4, 0.5) is 5.82 Å². The van der Waals surface area contributed by atoms with Crippen molar-refractivity contribution in [3.63, 3.8) is 0 Å². The number of H-pyrrole nitrogens is 1. The molecule has 0 bridgehead atoms. The molecule has 0 saturated heterocycles. The minimum Gasteiger partial charge on any atom is -0.358 e. The second-order valence-electron chi connectivity index (χ2n) is 3.87. The number of unbranched alkanes of at least 4 members (excludes halogenated alkanes) is 3. The minimum atomic E-state index is -0.558. The molecule has 0 aliphatic rings. The lowest BCUT2D eigenvalue weighted by atomic mass is 10.2. The molecular formula is C11H16BrN3O3. The summed E-state index contributed by atoms with van der Waals surface area (Å²) in [4.78, 5) is 23.9. The maximum absolute atomic E-state index is 11.6. The molecular weight excluding hydrogens is 302 g/mol. The lowest BCUT2D eigenvalue weighted by molar-refractivity contribution is -0.389. The minimum absolute atomic E-state index is 0.169. The van der Waals surface area contributed by atoms with Crippen molar-refractivity contribution in [2.75, 3.05) is 11.9 Å². The van der Waals surface area contributed by atoms with E-state index in [1.807, 2.05) is 0 Å². The number of hydrogen-bond acceptors (Lipinski definition) is 3. The van der Waals surface area contributed by atoms with Crippen LogP contribution in [0, 0.1) is 10.1 Å². The molecule has 7 heteroatoms. The monoisotopic (exact) mass is 317 g/mol. The third-order valence-electron chi connectivity index (χ3n) is 2.46. The topological polar surface area (TPSA) is 88.0 Å². The quantitative estimate of drug-likeness (QED) is 0.334. The van der Waals surface area contributed by atoms with E-state index in [1.54, 1.807) is 0 Å². The first-order chi connectivity index (χ1) is 8.65. The van der Waals surface area contributed by atoms with Crippen molar-refractivity contribution in [2.24, 2.45) is 0 Å². The van der Waals surface area contributed by atoms with Gasteiger partial charge < -0.3 is 15.4 Å². The van der Waals surface area contributed by atoms with Gasteiger partial charge in [-0.15, -0.1) is 0 Å². The molecule has 0 aromatic carbocycles. The number of hydrogen-bond donors (Lipinski definition) is 2. The average molecular weight is 318 g/mol. The van der Waals surface area contributed by atoms with Crippen molar-refractivity contribution >= 4 is 27.7 Å². The van der Waals surface area contributed by atoms with Gasteiger partial charge in [-0.05, 0) is 23.8 Å². The summed E-state index contributed by atoms with van der Waals surface area (Å²) >= 11 is 3.36. The lowest BCUT2D eigenvalue weighted by Gasteiger charge is -2.02. The summed E-state index contributed by atoms with van der Waals surface area (Å²) in [5.41, 5.74) is 0.224. The molecule has 0 fully saturated rings. The van der Waals surface area contributed by atoms with E-state index < -0.39 is 4.92 Å². The van der Waals surface area contributed by atoms with Crippen LogP contribution in [0.5, 0.6) is 0 Å². The summed E-state index contributed by atoms with van der Waals surface area (Å²) in [5.74, 6) is -0.471. The first kappa shape index (κ1) is 14.7. The predicted molar refractivity (Wildman–Crippen MR) is 72.0 cm³/mol. The van der Waals surface area contributed by atoms with Gasteiger partial charge in [0.05, 0.1) is 0 Å². The zero-order chi connectivity index (χ0) is 13.4. The van der Waals surface area contributed by atoms with Crippen LogP contribution < -0.4 is 5.32 Å². The van der Waals surface area contributed by atoms with E-state index in [1.165, 1.54) is 12.1 Å². The van der Waals surface area contributed by atoms with E-state index in [0.29, 0.717) is 6.54 Å². The molecule has 0 atom stereocenters. The molecule has 0 radical (unpaired) electrons. The summed E-state index contributed by atoms with van der Waals surface area (Å²) in [6, 6.07) is 2.70. The van der Waals surface area contributed by atoms with Crippen molar-refractivity contribution in [1.82, 2.24) is 10.3 Å². The number of alkyl halides is 1. The Hall–Kier alpha value is -1.37. The molecule has 0 saturated carbocycles. The first-order valence-electron chi connectivity index (χ1n) is 5.82. The van der Waals surface area contributed by atoms with Crippen molar-refractivity contribution < 1.29 is 9.72 Å². The molecule has 0 spiro atoms. The second kappa shape index (κ2) is 7.86. The van der Waals surface area contributed by atoms with Crippen LogP contribution >= 0.6 is 15.9 Å². The lowest BCUT2D eigenvalue weighted by Crippen LogP contribution is -2.24. The summed E-state index contributed by atoms with van der Waals surface area (Å²) in [5, 5.41) is 14.2. The molecule has 0 aliphatic heterocycles. The van der Waals surface area contributed by atoms with Gasteiger partial charge in [0, 0.05) is 17.9 Å². The van der Waals surface area contributed by atoms with Gasteiger partial charge in [-0.1, -0.05) is 28.8 Å². The first-order valence-corrected chi connectivity index (χ1v) is 6.95. The number of carbonyl (C=O) groups is 1. The zero-order valence-corrected chi connectivity index (χ0v) is 11.5. The van der Waals surface area contributed by atoms with E-state index in [4.69, 9.17) is 0 Å². The van der Waals surface area contributed by atoms with Crippen LogP contribution in [-0.4, -0.2) is 27.7 Å². The SMILES string of the molecule is O=C(NCCCCCCBr)c1ccc([N+](=O)[O-])[nH]1. The number of rotatable bonds is 8. The summed E-state index contributed by atoms with van der Waals surface area (Å²) in [6.07, 6.45) is 4.25. The third kappa shape index (κ3) is 4.87. The molecule has 18 heavy (non-hydrogen) atoms. The highest BCUT2D eigenvalue weighted by atomic mass is 79.9. The Morgan fingerprint density at radius 3 is 2.67 bits per heavy atom. The Balaban J connectivity index is 2.25. The van der Waals surface area contributed by atoms with Crippen molar-refractivity contribution in [1.29, 1.82) is 0 Å². The van der Waals surface area contributed by atoms with Crippen LogP contribution in [0.1, 0.15) is 36.2 Å². The molecule has 0 aliphatic carbocycles. The molecule has 1 amide bonds. The van der Waals surface area contributed by atoms with Gasteiger partial charge in [0.2, 0.25) is 0 Å². The molecule has 0 unspecified atom stereocenters. The Bertz CT molecular complexity index is 406. The molecule has 1 aromatic heterocycles. The van der Waals surface area contributed by atoms with E-state index in [-0.39, 0.29) is 17.4 Å². The second-order valence-corrected chi connectivity index (χ2v) is 4.67. The van der Waals surface area contributed by atoms with Crippen LogP contribution in [0.2, 0.25) is 0 Å². The Morgan fingerprint density at radius 1 is 1.33 bits per heavy atom. The fraction of sp³-hybridized carbons (Fsp3) is 0.545. The van der Waals surface area contributed by atoms with Gasteiger partial charge in [0.15, 0.2) is 5.69 Å². The standard InChI is InChI=1S/C11H16BrN3O3/c12-7-3-1-2-4-8-13-11(16)9-5-6-10(14-9)15(17)18/h5-6,14H,1-4,7-8H2,(H,13,16). The average Bonchev–Trinajstić information content (AvgIpc) is 2.83. The molecule has 6 nitrogen and oxygen atoms in total. The van der Waals surface area contributed by atoms with Gasteiger partial charge in [0.25, 0.3) is 5.91 Å². The highest BCUT2D eigenvalue weighted by Crippen LogP contribution is 2.09. The molecule has 1 aromatic rings. The number of nitrogens with one attached hydrogen (secondary N) is 2. The number of nitro groups is 1. The molecule has 100 valence electrons. The summed E-state index contributed by atoms with van der Waals surface area (Å²) in [6.45, 7) is 0.591. The molecule has 1 rings (SSSR count). The van der Waals surface area contributed by atoms with Gasteiger partial charge >= 0.3 is 5.82 Å². The number of amides is 1.